The molecule has 0 aliphatic heterocycles. The van der Waals surface area contributed by atoms with E-state index in [-0.39, 0.29) is 12.5 Å². The Bertz CT molecular complexity index is 326. The van der Waals surface area contributed by atoms with Crippen LogP contribution in [0.3, 0.4) is 0 Å². The minimum absolute atomic E-state index is 0.0194. The topological polar surface area (TPSA) is 62.2 Å². The van der Waals surface area contributed by atoms with Crippen molar-refractivity contribution < 1.29 is 9.90 Å². The van der Waals surface area contributed by atoms with E-state index < -0.39 is 0 Å². The fraction of sp³-hybridized carbons (Fsp3) is 0.455. The molecule has 1 aromatic heterocycles. The first kappa shape index (κ1) is 11.7. The maximum atomic E-state index is 11.4. The summed E-state index contributed by atoms with van der Waals surface area (Å²) < 4.78 is 0. The number of amides is 1. The van der Waals surface area contributed by atoms with Crippen LogP contribution < -0.4 is 5.32 Å². The highest BCUT2D eigenvalue weighted by molar-refractivity contribution is 5.90. The summed E-state index contributed by atoms with van der Waals surface area (Å²) in [6.07, 6.45) is 3.50. The molecule has 1 rings (SSSR count). The molecular formula is C11H16N2O2. The van der Waals surface area contributed by atoms with Gasteiger partial charge >= 0.3 is 0 Å². The fourth-order valence-corrected chi connectivity index (χ4v) is 1.24. The molecule has 0 atom stereocenters. The SMILES string of the molecule is Cc1cc(NC(=O)CCCCO)ccn1. The number of hydrogen-bond donors (Lipinski definition) is 2. The van der Waals surface area contributed by atoms with Crippen LogP contribution in [0.15, 0.2) is 18.3 Å². The molecule has 0 unspecified atom stereocenters. The van der Waals surface area contributed by atoms with Crippen LogP contribution in [0.25, 0.3) is 0 Å². The van der Waals surface area contributed by atoms with E-state index in [1.807, 2.05) is 13.0 Å². The number of carbonyl (C=O) groups excluding carboxylic acids is 1. The molecule has 1 aromatic rings. The molecule has 4 heteroatoms. The highest BCUT2D eigenvalue weighted by atomic mass is 16.2. The number of aliphatic hydroxyl groups is 1. The van der Waals surface area contributed by atoms with E-state index in [1.54, 1.807) is 12.3 Å². The standard InChI is InChI=1S/C11H16N2O2/c1-9-8-10(5-6-12-9)13-11(15)4-2-3-7-14/h5-6,8,14H,2-4,7H2,1H3,(H,12,13,15). The van der Waals surface area contributed by atoms with E-state index in [0.29, 0.717) is 19.3 Å². The van der Waals surface area contributed by atoms with Gasteiger partial charge in [0, 0.05) is 30.6 Å². The molecule has 2 N–H and O–H groups in total. The second-order valence-corrected chi connectivity index (χ2v) is 3.41. The largest absolute Gasteiger partial charge is 0.396 e. The second-order valence-electron chi connectivity index (χ2n) is 3.41. The van der Waals surface area contributed by atoms with Gasteiger partial charge in [-0.1, -0.05) is 0 Å². The van der Waals surface area contributed by atoms with Gasteiger partial charge in [-0.05, 0) is 31.9 Å². The summed E-state index contributed by atoms with van der Waals surface area (Å²) in [5.74, 6) is -0.0194. The molecule has 15 heavy (non-hydrogen) atoms. The lowest BCUT2D eigenvalue weighted by Crippen LogP contribution is -2.11. The van der Waals surface area contributed by atoms with Crippen LogP contribution in [-0.4, -0.2) is 22.6 Å². The predicted molar refractivity (Wildman–Crippen MR) is 58.5 cm³/mol. The first-order chi connectivity index (χ1) is 7.22. The van der Waals surface area contributed by atoms with Crippen molar-refractivity contribution in [2.75, 3.05) is 11.9 Å². The number of pyridine rings is 1. The number of aliphatic hydroxyl groups excluding tert-OH is 1. The van der Waals surface area contributed by atoms with Crippen molar-refractivity contribution >= 4 is 11.6 Å². The van der Waals surface area contributed by atoms with Crippen LogP contribution in [-0.2, 0) is 4.79 Å². The number of anilines is 1. The lowest BCUT2D eigenvalue weighted by molar-refractivity contribution is -0.116. The van der Waals surface area contributed by atoms with Crippen LogP contribution >= 0.6 is 0 Å². The normalized spacial score (nSPS) is 10.0. The predicted octanol–water partition coefficient (Wildman–Crippen LogP) is 1.49. The summed E-state index contributed by atoms with van der Waals surface area (Å²) in [4.78, 5) is 15.4. The lowest BCUT2D eigenvalue weighted by Gasteiger charge is -2.04. The molecule has 0 saturated heterocycles. The number of aromatic nitrogens is 1. The van der Waals surface area contributed by atoms with Gasteiger partial charge in [-0.2, -0.15) is 0 Å². The van der Waals surface area contributed by atoms with Crippen molar-refractivity contribution in [3.8, 4) is 0 Å². The summed E-state index contributed by atoms with van der Waals surface area (Å²) in [5, 5.41) is 11.3. The molecule has 0 saturated carbocycles. The third-order valence-corrected chi connectivity index (χ3v) is 1.99. The molecule has 82 valence electrons. The van der Waals surface area contributed by atoms with Crippen LogP contribution in [0, 0.1) is 6.92 Å². The smallest absolute Gasteiger partial charge is 0.224 e. The molecule has 0 aromatic carbocycles. The van der Waals surface area contributed by atoms with Crippen LogP contribution in [0.5, 0.6) is 0 Å². The molecule has 0 radical (unpaired) electrons. The van der Waals surface area contributed by atoms with E-state index >= 15 is 0 Å². The Hall–Kier alpha value is -1.42. The van der Waals surface area contributed by atoms with Gasteiger partial charge in [0.25, 0.3) is 0 Å². The van der Waals surface area contributed by atoms with Gasteiger partial charge in [-0.25, -0.2) is 0 Å². The zero-order valence-corrected chi connectivity index (χ0v) is 8.86. The minimum atomic E-state index is -0.0194. The molecule has 0 aliphatic rings. The Labute approximate surface area is 89.3 Å². The van der Waals surface area contributed by atoms with E-state index in [2.05, 4.69) is 10.3 Å². The Morgan fingerprint density at radius 3 is 3.00 bits per heavy atom. The molecular weight excluding hydrogens is 192 g/mol. The summed E-state index contributed by atoms with van der Waals surface area (Å²) in [6, 6.07) is 3.58. The highest BCUT2D eigenvalue weighted by Gasteiger charge is 2.01. The van der Waals surface area contributed by atoms with Gasteiger partial charge in [-0.15, -0.1) is 0 Å². The maximum absolute atomic E-state index is 11.4. The number of rotatable bonds is 5. The number of hydrogen-bond acceptors (Lipinski definition) is 3. The molecule has 1 amide bonds. The highest BCUT2D eigenvalue weighted by Crippen LogP contribution is 2.08. The maximum Gasteiger partial charge on any atom is 0.224 e. The molecule has 0 bridgehead atoms. The Morgan fingerprint density at radius 1 is 1.53 bits per heavy atom. The quantitative estimate of drug-likeness (QED) is 0.721. The lowest BCUT2D eigenvalue weighted by atomic mass is 10.2. The summed E-state index contributed by atoms with van der Waals surface area (Å²) in [5.41, 5.74) is 1.65. The molecule has 1 heterocycles. The van der Waals surface area contributed by atoms with Crippen molar-refractivity contribution in [3.63, 3.8) is 0 Å². The van der Waals surface area contributed by atoms with Crippen LogP contribution in [0.1, 0.15) is 25.0 Å². The van der Waals surface area contributed by atoms with Crippen molar-refractivity contribution in [1.82, 2.24) is 4.98 Å². The monoisotopic (exact) mass is 208 g/mol. The van der Waals surface area contributed by atoms with Crippen molar-refractivity contribution in [3.05, 3.63) is 24.0 Å². The van der Waals surface area contributed by atoms with Gasteiger partial charge in [0.1, 0.15) is 0 Å². The third kappa shape index (κ3) is 4.56. The number of carbonyl (C=O) groups is 1. The van der Waals surface area contributed by atoms with Crippen molar-refractivity contribution in [2.45, 2.75) is 26.2 Å². The van der Waals surface area contributed by atoms with Gasteiger partial charge in [0.15, 0.2) is 0 Å². The second kappa shape index (κ2) is 6.14. The van der Waals surface area contributed by atoms with Gasteiger partial charge in [-0.3, -0.25) is 9.78 Å². The Kier molecular flexibility index (Phi) is 4.77. The van der Waals surface area contributed by atoms with Crippen molar-refractivity contribution in [2.24, 2.45) is 0 Å². The summed E-state index contributed by atoms with van der Waals surface area (Å²) in [7, 11) is 0. The summed E-state index contributed by atoms with van der Waals surface area (Å²) >= 11 is 0. The number of aryl methyl sites for hydroxylation is 1. The first-order valence-electron chi connectivity index (χ1n) is 5.06. The third-order valence-electron chi connectivity index (χ3n) is 1.99. The van der Waals surface area contributed by atoms with Gasteiger partial charge in [0.2, 0.25) is 5.91 Å². The average Bonchev–Trinajstić information content (AvgIpc) is 2.18. The van der Waals surface area contributed by atoms with Crippen LogP contribution in [0.2, 0.25) is 0 Å². The molecule has 0 aliphatic carbocycles. The zero-order chi connectivity index (χ0) is 11.1. The van der Waals surface area contributed by atoms with Crippen molar-refractivity contribution in [1.29, 1.82) is 0 Å². The molecule has 0 spiro atoms. The van der Waals surface area contributed by atoms with Gasteiger partial charge in [0.05, 0.1) is 0 Å². The summed E-state index contributed by atoms with van der Waals surface area (Å²) in [6.45, 7) is 2.02. The zero-order valence-electron chi connectivity index (χ0n) is 8.86. The number of unbranched alkanes of at least 4 members (excludes halogenated alkanes) is 1. The molecule has 4 nitrogen and oxygen atoms in total. The Balaban J connectivity index is 2.37. The number of nitrogens with zero attached hydrogens (tertiary/aromatic N) is 1. The van der Waals surface area contributed by atoms with E-state index in [9.17, 15) is 4.79 Å². The Morgan fingerprint density at radius 2 is 2.33 bits per heavy atom. The number of nitrogens with one attached hydrogen (secondary N) is 1. The van der Waals surface area contributed by atoms with E-state index in [1.165, 1.54) is 0 Å². The molecule has 0 fully saturated rings. The minimum Gasteiger partial charge on any atom is -0.396 e. The van der Waals surface area contributed by atoms with E-state index in [0.717, 1.165) is 11.4 Å². The first-order valence-corrected chi connectivity index (χ1v) is 5.06. The van der Waals surface area contributed by atoms with E-state index in [4.69, 9.17) is 5.11 Å². The van der Waals surface area contributed by atoms with Crippen LogP contribution in [0.4, 0.5) is 5.69 Å². The van der Waals surface area contributed by atoms with Gasteiger partial charge < -0.3 is 10.4 Å². The fourth-order valence-electron chi connectivity index (χ4n) is 1.24. The average molecular weight is 208 g/mol.